The van der Waals surface area contributed by atoms with Crippen LogP contribution in [0.5, 0.6) is 0 Å². The molecule has 2 atom stereocenters. The van der Waals surface area contributed by atoms with Crippen molar-refractivity contribution in [1.29, 1.82) is 0 Å². The van der Waals surface area contributed by atoms with Crippen molar-refractivity contribution in [1.82, 2.24) is 5.32 Å². The molecule has 0 aliphatic carbocycles. The molecule has 5 heteroatoms. The molecule has 0 aromatic rings. The van der Waals surface area contributed by atoms with Crippen LogP contribution in [0.1, 0.15) is 13.3 Å². The second-order valence-corrected chi connectivity index (χ2v) is 3.22. The molecule has 5 N–H and O–H groups in total. The largest absolute Gasteiger partial charge is 0.480 e. The van der Waals surface area contributed by atoms with Crippen molar-refractivity contribution in [2.75, 3.05) is 19.7 Å². The van der Waals surface area contributed by atoms with E-state index in [9.17, 15) is 4.79 Å². The van der Waals surface area contributed by atoms with Gasteiger partial charge in [-0.05, 0) is 18.9 Å². The molecule has 13 heavy (non-hydrogen) atoms. The molecule has 0 radical (unpaired) electrons. The van der Waals surface area contributed by atoms with E-state index in [0.29, 0.717) is 12.5 Å². The summed E-state index contributed by atoms with van der Waals surface area (Å²) in [4.78, 5) is 10.3. The zero-order valence-electron chi connectivity index (χ0n) is 7.86. The highest BCUT2D eigenvalue weighted by atomic mass is 16.4. The molecule has 0 heterocycles. The summed E-state index contributed by atoms with van der Waals surface area (Å²) in [5.74, 6) is -0.659. The first-order valence-corrected chi connectivity index (χ1v) is 4.38. The lowest BCUT2D eigenvalue weighted by Gasteiger charge is -2.12. The fraction of sp³-hybridized carbons (Fsp3) is 0.875. The molecule has 0 saturated heterocycles. The van der Waals surface area contributed by atoms with Crippen LogP contribution in [-0.2, 0) is 4.79 Å². The standard InChI is InChI=1S/C8H18N2O3/c1-6(2-3-11)4-10-5-7(9)8(12)13/h6-7,10-11H,2-5,9H2,1H3,(H,12,13). The normalized spacial score (nSPS) is 15.3. The summed E-state index contributed by atoms with van der Waals surface area (Å²) < 4.78 is 0. The lowest BCUT2D eigenvalue weighted by Crippen LogP contribution is -2.41. The van der Waals surface area contributed by atoms with Crippen molar-refractivity contribution in [3.05, 3.63) is 0 Å². The van der Waals surface area contributed by atoms with Crippen LogP contribution in [0.25, 0.3) is 0 Å². The smallest absolute Gasteiger partial charge is 0.321 e. The van der Waals surface area contributed by atoms with Crippen LogP contribution in [0.3, 0.4) is 0 Å². The molecule has 0 aliphatic rings. The molecule has 0 rings (SSSR count). The molecule has 0 amide bonds. The Morgan fingerprint density at radius 2 is 2.15 bits per heavy atom. The van der Waals surface area contributed by atoms with Gasteiger partial charge in [0.2, 0.25) is 0 Å². The van der Waals surface area contributed by atoms with E-state index in [-0.39, 0.29) is 13.2 Å². The zero-order valence-corrected chi connectivity index (χ0v) is 7.86. The van der Waals surface area contributed by atoms with Crippen molar-refractivity contribution in [2.24, 2.45) is 11.7 Å². The maximum Gasteiger partial charge on any atom is 0.321 e. The van der Waals surface area contributed by atoms with Gasteiger partial charge in [-0.3, -0.25) is 4.79 Å². The summed E-state index contributed by atoms with van der Waals surface area (Å²) in [5, 5.41) is 20.0. The fourth-order valence-electron chi connectivity index (χ4n) is 0.895. The number of rotatable bonds is 7. The molecule has 0 saturated carbocycles. The molecule has 0 spiro atoms. The van der Waals surface area contributed by atoms with Crippen molar-refractivity contribution in [3.63, 3.8) is 0 Å². The van der Waals surface area contributed by atoms with E-state index >= 15 is 0 Å². The monoisotopic (exact) mass is 190 g/mol. The van der Waals surface area contributed by atoms with Gasteiger partial charge in [-0.15, -0.1) is 0 Å². The minimum absolute atomic E-state index is 0.161. The Bertz CT molecular complexity index is 152. The maximum atomic E-state index is 10.3. The number of nitrogens with two attached hydrogens (primary N) is 1. The van der Waals surface area contributed by atoms with E-state index in [0.717, 1.165) is 6.42 Å². The lowest BCUT2D eigenvalue weighted by atomic mass is 10.1. The van der Waals surface area contributed by atoms with Gasteiger partial charge >= 0.3 is 5.97 Å². The Kier molecular flexibility index (Phi) is 6.48. The summed E-state index contributed by atoms with van der Waals surface area (Å²) in [5.41, 5.74) is 5.27. The van der Waals surface area contributed by atoms with Gasteiger partial charge < -0.3 is 21.3 Å². The number of carbonyl (C=O) groups is 1. The van der Waals surface area contributed by atoms with Gasteiger partial charge in [-0.25, -0.2) is 0 Å². The molecule has 78 valence electrons. The highest BCUT2D eigenvalue weighted by Gasteiger charge is 2.10. The molecule has 0 aliphatic heterocycles. The van der Waals surface area contributed by atoms with Crippen LogP contribution >= 0.6 is 0 Å². The van der Waals surface area contributed by atoms with Crippen LogP contribution in [0.4, 0.5) is 0 Å². The maximum absolute atomic E-state index is 10.3. The molecule has 2 unspecified atom stereocenters. The van der Waals surface area contributed by atoms with E-state index in [1.54, 1.807) is 0 Å². The number of aliphatic hydroxyl groups excluding tert-OH is 1. The van der Waals surface area contributed by atoms with Crippen LogP contribution in [-0.4, -0.2) is 41.9 Å². The summed E-state index contributed by atoms with van der Waals surface area (Å²) >= 11 is 0. The van der Waals surface area contributed by atoms with Gasteiger partial charge in [0.1, 0.15) is 6.04 Å². The number of carboxylic acid groups (broad SMARTS) is 1. The Morgan fingerprint density at radius 1 is 1.54 bits per heavy atom. The third-order valence-electron chi connectivity index (χ3n) is 1.80. The van der Waals surface area contributed by atoms with Crippen molar-refractivity contribution < 1.29 is 15.0 Å². The number of aliphatic carboxylic acids is 1. The molecule has 0 aromatic heterocycles. The molecule has 5 nitrogen and oxygen atoms in total. The van der Waals surface area contributed by atoms with E-state index in [1.165, 1.54) is 0 Å². The Hall–Kier alpha value is -0.650. The number of aliphatic hydroxyl groups is 1. The van der Waals surface area contributed by atoms with Gasteiger partial charge in [0, 0.05) is 13.2 Å². The first kappa shape index (κ1) is 12.3. The number of carboxylic acids is 1. The summed E-state index contributed by atoms with van der Waals surface area (Å²) in [7, 11) is 0. The first-order chi connectivity index (χ1) is 6.07. The molecular formula is C8H18N2O3. The summed E-state index contributed by atoms with van der Waals surface area (Å²) in [6, 6.07) is -0.846. The van der Waals surface area contributed by atoms with Crippen LogP contribution in [0.15, 0.2) is 0 Å². The summed E-state index contributed by atoms with van der Waals surface area (Å²) in [6.07, 6.45) is 0.718. The van der Waals surface area contributed by atoms with Gasteiger partial charge in [-0.2, -0.15) is 0 Å². The number of hydrogen-bond acceptors (Lipinski definition) is 4. The minimum Gasteiger partial charge on any atom is -0.480 e. The van der Waals surface area contributed by atoms with Crippen LogP contribution in [0, 0.1) is 5.92 Å². The average Bonchev–Trinajstić information content (AvgIpc) is 2.04. The SMILES string of the molecule is CC(CCO)CNCC(N)C(=O)O. The highest BCUT2D eigenvalue weighted by molar-refractivity contribution is 5.73. The van der Waals surface area contributed by atoms with E-state index in [2.05, 4.69) is 5.32 Å². The minimum atomic E-state index is -0.998. The van der Waals surface area contributed by atoms with Crippen molar-refractivity contribution in [3.8, 4) is 0 Å². The number of hydrogen-bond donors (Lipinski definition) is 4. The Morgan fingerprint density at radius 3 is 2.62 bits per heavy atom. The predicted molar refractivity (Wildman–Crippen MR) is 49.3 cm³/mol. The highest BCUT2D eigenvalue weighted by Crippen LogP contribution is 1.97. The van der Waals surface area contributed by atoms with Crippen LogP contribution in [0.2, 0.25) is 0 Å². The second-order valence-electron chi connectivity index (χ2n) is 3.22. The third-order valence-corrected chi connectivity index (χ3v) is 1.80. The van der Waals surface area contributed by atoms with Crippen molar-refractivity contribution >= 4 is 5.97 Å². The van der Waals surface area contributed by atoms with E-state index in [4.69, 9.17) is 15.9 Å². The van der Waals surface area contributed by atoms with Crippen molar-refractivity contribution in [2.45, 2.75) is 19.4 Å². The average molecular weight is 190 g/mol. The van der Waals surface area contributed by atoms with E-state index in [1.807, 2.05) is 6.92 Å². The lowest BCUT2D eigenvalue weighted by molar-refractivity contribution is -0.138. The van der Waals surface area contributed by atoms with Crippen LogP contribution < -0.4 is 11.1 Å². The molecule has 0 fully saturated rings. The topological polar surface area (TPSA) is 95.6 Å². The second kappa shape index (κ2) is 6.82. The molecular weight excluding hydrogens is 172 g/mol. The number of nitrogens with one attached hydrogen (secondary N) is 1. The molecule has 0 aromatic carbocycles. The quantitative estimate of drug-likeness (QED) is 0.413. The zero-order chi connectivity index (χ0) is 10.3. The van der Waals surface area contributed by atoms with Gasteiger partial charge in [-0.1, -0.05) is 6.92 Å². The van der Waals surface area contributed by atoms with E-state index < -0.39 is 12.0 Å². The predicted octanol–water partition coefficient (Wildman–Crippen LogP) is -0.994. The fourth-order valence-corrected chi connectivity index (χ4v) is 0.895. The third kappa shape index (κ3) is 6.51. The first-order valence-electron chi connectivity index (χ1n) is 4.38. The Labute approximate surface area is 77.9 Å². The van der Waals surface area contributed by atoms with Gasteiger partial charge in [0.15, 0.2) is 0 Å². The summed E-state index contributed by atoms with van der Waals surface area (Å²) in [6.45, 7) is 3.09. The Balaban J connectivity index is 3.39. The van der Waals surface area contributed by atoms with Gasteiger partial charge in [0.25, 0.3) is 0 Å². The van der Waals surface area contributed by atoms with Gasteiger partial charge in [0.05, 0.1) is 0 Å². The molecule has 0 bridgehead atoms.